The Morgan fingerprint density at radius 3 is 3.07 bits per heavy atom. The Labute approximate surface area is 86.3 Å². The average molecular weight is 208 g/mol. The zero-order valence-electron chi connectivity index (χ0n) is 8.56. The van der Waals surface area contributed by atoms with Gasteiger partial charge in [-0.15, -0.1) is 0 Å². The first-order valence-corrected chi connectivity index (χ1v) is 4.68. The van der Waals surface area contributed by atoms with Gasteiger partial charge in [0.2, 0.25) is 0 Å². The Hall–Kier alpha value is -1.76. The molecule has 0 aliphatic rings. The summed E-state index contributed by atoms with van der Waals surface area (Å²) in [6.45, 7) is 4.69. The van der Waals surface area contributed by atoms with Crippen molar-refractivity contribution in [3.8, 4) is 11.6 Å². The van der Waals surface area contributed by atoms with Crippen LogP contribution in [0.1, 0.15) is 19.7 Å². The second-order valence-corrected chi connectivity index (χ2v) is 3.41. The maximum atomic E-state index is 5.02. The number of rotatable bonds is 4. The molecule has 0 atom stereocenters. The zero-order chi connectivity index (χ0) is 10.7. The van der Waals surface area contributed by atoms with Gasteiger partial charge in [-0.2, -0.15) is 20.4 Å². The summed E-state index contributed by atoms with van der Waals surface area (Å²) in [7, 11) is 0. The van der Waals surface area contributed by atoms with Crippen molar-refractivity contribution in [3.63, 3.8) is 0 Å². The highest BCUT2D eigenvalue weighted by atomic mass is 16.5. The van der Waals surface area contributed by atoms with Crippen molar-refractivity contribution in [1.82, 2.24) is 30.9 Å². The number of hydrogen-bond donors (Lipinski definition) is 2. The molecule has 0 aromatic carbocycles. The maximum absolute atomic E-state index is 5.02. The number of aromatic nitrogens is 5. The lowest BCUT2D eigenvalue weighted by atomic mass is 10.4. The van der Waals surface area contributed by atoms with E-state index in [1.807, 2.05) is 0 Å². The molecular weight excluding hydrogens is 196 g/mol. The van der Waals surface area contributed by atoms with Crippen LogP contribution in [-0.4, -0.2) is 31.6 Å². The van der Waals surface area contributed by atoms with Gasteiger partial charge in [-0.25, -0.2) is 0 Å². The number of hydrogen-bond acceptors (Lipinski definition) is 6. The molecule has 7 nitrogen and oxygen atoms in total. The monoisotopic (exact) mass is 208 g/mol. The molecule has 0 amide bonds. The van der Waals surface area contributed by atoms with E-state index in [0.717, 1.165) is 0 Å². The largest absolute Gasteiger partial charge is 0.332 e. The molecule has 0 saturated carbocycles. The lowest BCUT2D eigenvalue weighted by molar-refractivity contribution is 0.416. The van der Waals surface area contributed by atoms with Gasteiger partial charge in [0.25, 0.3) is 5.89 Å². The molecule has 2 N–H and O–H groups in total. The smallest absolute Gasteiger partial charge is 0.280 e. The molecular formula is C8H12N6O. The van der Waals surface area contributed by atoms with Gasteiger partial charge in [0, 0.05) is 6.04 Å². The fourth-order valence-electron chi connectivity index (χ4n) is 1.03. The molecule has 0 spiro atoms. The summed E-state index contributed by atoms with van der Waals surface area (Å²) in [5, 5.41) is 17.0. The third-order valence-electron chi connectivity index (χ3n) is 1.77. The SMILES string of the molecule is CC(C)NCc1noc(-c2cn[nH]n2)n1. The Morgan fingerprint density at radius 2 is 2.40 bits per heavy atom. The summed E-state index contributed by atoms with van der Waals surface area (Å²) < 4.78 is 5.02. The number of H-pyrrole nitrogens is 1. The van der Waals surface area contributed by atoms with Gasteiger partial charge in [0.1, 0.15) is 0 Å². The summed E-state index contributed by atoms with van der Waals surface area (Å²) in [4.78, 5) is 4.16. The zero-order valence-corrected chi connectivity index (χ0v) is 8.56. The molecule has 0 radical (unpaired) electrons. The second-order valence-electron chi connectivity index (χ2n) is 3.41. The summed E-state index contributed by atoms with van der Waals surface area (Å²) >= 11 is 0. The van der Waals surface area contributed by atoms with E-state index >= 15 is 0 Å². The Balaban J connectivity index is 2.04. The van der Waals surface area contributed by atoms with Gasteiger partial charge in [-0.3, -0.25) is 0 Å². The van der Waals surface area contributed by atoms with Crippen molar-refractivity contribution in [2.24, 2.45) is 0 Å². The minimum absolute atomic E-state index is 0.379. The molecule has 0 aliphatic carbocycles. The van der Waals surface area contributed by atoms with Gasteiger partial charge >= 0.3 is 0 Å². The quantitative estimate of drug-likeness (QED) is 0.753. The van der Waals surface area contributed by atoms with Crippen LogP contribution in [0.25, 0.3) is 11.6 Å². The van der Waals surface area contributed by atoms with E-state index in [-0.39, 0.29) is 0 Å². The molecule has 2 aromatic heterocycles. The van der Waals surface area contributed by atoms with Crippen LogP contribution >= 0.6 is 0 Å². The van der Waals surface area contributed by atoms with Crippen molar-refractivity contribution in [2.75, 3.05) is 0 Å². The van der Waals surface area contributed by atoms with E-state index in [1.54, 1.807) is 0 Å². The topological polar surface area (TPSA) is 92.5 Å². The molecule has 0 saturated heterocycles. The van der Waals surface area contributed by atoms with Gasteiger partial charge in [0.15, 0.2) is 11.5 Å². The number of aromatic amines is 1. The van der Waals surface area contributed by atoms with E-state index in [4.69, 9.17) is 4.52 Å². The van der Waals surface area contributed by atoms with Crippen LogP contribution in [0, 0.1) is 0 Å². The van der Waals surface area contributed by atoms with Gasteiger partial charge in [-0.1, -0.05) is 19.0 Å². The van der Waals surface area contributed by atoms with E-state index < -0.39 is 0 Å². The molecule has 2 heterocycles. The van der Waals surface area contributed by atoms with Crippen molar-refractivity contribution >= 4 is 0 Å². The van der Waals surface area contributed by atoms with Gasteiger partial charge < -0.3 is 9.84 Å². The van der Waals surface area contributed by atoms with Crippen molar-refractivity contribution in [3.05, 3.63) is 12.0 Å². The van der Waals surface area contributed by atoms with Crippen molar-refractivity contribution in [2.45, 2.75) is 26.4 Å². The lowest BCUT2D eigenvalue weighted by Crippen LogP contribution is -2.22. The minimum atomic E-state index is 0.379. The van der Waals surface area contributed by atoms with Crippen LogP contribution < -0.4 is 5.32 Å². The van der Waals surface area contributed by atoms with Gasteiger partial charge in [-0.05, 0) is 0 Å². The fraction of sp³-hybridized carbons (Fsp3) is 0.500. The van der Waals surface area contributed by atoms with Crippen LogP contribution in [0.4, 0.5) is 0 Å². The van der Waals surface area contributed by atoms with Crippen LogP contribution in [0.5, 0.6) is 0 Å². The standard InChI is InChI=1S/C8H12N6O/c1-5(2)9-4-7-11-8(15-13-7)6-3-10-14-12-6/h3,5,9H,4H2,1-2H3,(H,10,12,14). The van der Waals surface area contributed by atoms with Crippen LogP contribution in [-0.2, 0) is 6.54 Å². The van der Waals surface area contributed by atoms with Crippen LogP contribution in [0.3, 0.4) is 0 Å². The van der Waals surface area contributed by atoms with Crippen LogP contribution in [0.2, 0.25) is 0 Å². The fourth-order valence-corrected chi connectivity index (χ4v) is 1.03. The van der Waals surface area contributed by atoms with E-state index in [0.29, 0.717) is 30.0 Å². The predicted octanol–water partition coefficient (Wildman–Crippen LogP) is 0.353. The summed E-state index contributed by atoms with van der Waals surface area (Å²) in [5.41, 5.74) is 0.554. The highest BCUT2D eigenvalue weighted by Gasteiger charge is 2.10. The Morgan fingerprint density at radius 1 is 1.53 bits per heavy atom. The van der Waals surface area contributed by atoms with Crippen LogP contribution in [0.15, 0.2) is 10.7 Å². The normalized spacial score (nSPS) is 11.1. The third-order valence-corrected chi connectivity index (χ3v) is 1.77. The number of nitrogens with one attached hydrogen (secondary N) is 2. The molecule has 0 aliphatic heterocycles. The van der Waals surface area contributed by atoms with Gasteiger partial charge in [0.05, 0.1) is 12.7 Å². The van der Waals surface area contributed by atoms with E-state index in [9.17, 15) is 0 Å². The third kappa shape index (κ3) is 2.38. The second kappa shape index (κ2) is 4.18. The molecule has 2 rings (SSSR count). The summed E-state index contributed by atoms with van der Waals surface area (Å²) in [6.07, 6.45) is 1.53. The predicted molar refractivity (Wildman–Crippen MR) is 51.7 cm³/mol. The lowest BCUT2D eigenvalue weighted by Gasteiger charge is -2.02. The Bertz CT molecular complexity index is 406. The summed E-state index contributed by atoms with van der Waals surface area (Å²) in [5.74, 6) is 0.992. The maximum Gasteiger partial charge on any atom is 0.280 e. The molecule has 0 bridgehead atoms. The highest BCUT2D eigenvalue weighted by Crippen LogP contribution is 2.11. The molecule has 15 heavy (non-hydrogen) atoms. The first kappa shape index (κ1) is 9.78. The molecule has 80 valence electrons. The van der Waals surface area contributed by atoms with E-state index in [2.05, 4.69) is 44.7 Å². The number of nitrogens with zero attached hydrogens (tertiary/aromatic N) is 4. The summed E-state index contributed by atoms with van der Waals surface area (Å²) in [6, 6.07) is 0.388. The van der Waals surface area contributed by atoms with E-state index in [1.165, 1.54) is 6.20 Å². The highest BCUT2D eigenvalue weighted by molar-refractivity contribution is 5.42. The molecule has 0 unspecified atom stereocenters. The molecule has 0 fully saturated rings. The first-order chi connectivity index (χ1) is 7.25. The molecule has 2 aromatic rings. The Kier molecular flexibility index (Phi) is 2.72. The average Bonchev–Trinajstić information content (AvgIpc) is 2.85. The van der Waals surface area contributed by atoms with Crippen molar-refractivity contribution in [1.29, 1.82) is 0 Å². The molecule has 7 heteroatoms. The minimum Gasteiger partial charge on any atom is -0.332 e. The first-order valence-electron chi connectivity index (χ1n) is 4.68. The van der Waals surface area contributed by atoms with Crippen molar-refractivity contribution < 1.29 is 4.52 Å².